The maximum Gasteiger partial charge on any atom is 0.224 e. The Kier molecular flexibility index (Phi) is 4.41. The molecule has 0 N–H and O–H groups in total. The van der Waals surface area contributed by atoms with Crippen molar-refractivity contribution in [2.75, 3.05) is 0 Å². The first-order valence-electron chi connectivity index (χ1n) is 13.2. The maximum absolute atomic E-state index is 7.16. The molecule has 37 heavy (non-hydrogen) atoms. The zero-order valence-corrected chi connectivity index (χ0v) is 22.4. The van der Waals surface area contributed by atoms with Crippen LogP contribution in [0, 0.1) is 6.92 Å². The van der Waals surface area contributed by atoms with Gasteiger partial charge in [0.05, 0.1) is 10.9 Å². The molecule has 2 heteroatoms. The molecule has 0 saturated carbocycles. The van der Waals surface area contributed by atoms with E-state index in [0.29, 0.717) is 0 Å². The molecule has 1 aliphatic carbocycles. The van der Waals surface area contributed by atoms with Crippen molar-refractivity contribution >= 4 is 32.5 Å². The van der Waals surface area contributed by atoms with Crippen LogP contribution in [0.2, 0.25) is 0 Å². The molecule has 0 radical (unpaired) electrons. The molecule has 0 unspecified atom stereocenters. The normalized spacial score (nSPS) is 15.7. The first-order valence-corrected chi connectivity index (χ1v) is 13.2. The maximum atomic E-state index is 7.16. The van der Waals surface area contributed by atoms with Crippen LogP contribution >= 0.6 is 0 Å². The van der Waals surface area contributed by atoms with Crippen molar-refractivity contribution in [3.63, 3.8) is 0 Å². The van der Waals surface area contributed by atoms with Crippen molar-refractivity contribution in [1.82, 2.24) is 0 Å². The molecule has 0 fully saturated rings. The number of aryl methyl sites for hydroxylation is 2. The van der Waals surface area contributed by atoms with E-state index >= 15 is 0 Å². The standard InChI is InChI=1S/C35H32NO/c1-21-23-14-9-10-16-25(23)29-30-33(35(4,5)27-18-12-11-17-26(27)34(30,2)3)37-32(29)28(21)31-24-15-8-7-13-22(24)19-20-36(31)6/h7-20H,1-6H3/q+1. The van der Waals surface area contributed by atoms with Crippen LogP contribution in [0.5, 0.6) is 0 Å². The van der Waals surface area contributed by atoms with Gasteiger partial charge in [0.1, 0.15) is 18.4 Å². The van der Waals surface area contributed by atoms with Gasteiger partial charge in [0, 0.05) is 27.8 Å². The summed E-state index contributed by atoms with van der Waals surface area (Å²) in [6.07, 6.45) is 2.17. The minimum Gasteiger partial charge on any atom is -0.459 e. The molecule has 0 saturated heterocycles. The Morgan fingerprint density at radius 2 is 1.27 bits per heavy atom. The number of rotatable bonds is 1. The number of benzene rings is 4. The Morgan fingerprint density at radius 1 is 0.676 bits per heavy atom. The molecule has 2 aromatic heterocycles. The van der Waals surface area contributed by atoms with E-state index in [2.05, 4.69) is 131 Å². The summed E-state index contributed by atoms with van der Waals surface area (Å²) in [4.78, 5) is 0. The van der Waals surface area contributed by atoms with Crippen LogP contribution < -0.4 is 4.57 Å². The number of fused-ring (bicyclic) bond motifs is 7. The van der Waals surface area contributed by atoms with Gasteiger partial charge in [-0.2, -0.15) is 0 Å². The molecule has 4 aromatic carbocycles. The summed E-state index contributed by atoms with van der Waals surface area (Å²) in [7, 11) is 2.15. The van der Waals surface area contributed by atoms with E-state index in [9.17, 15) is 0 Å². The third-order valence-electron chi connectivity index (χ3n) is 8.86. The summed E-state index contributed by atoms with van der Waals surface area (Å²) in [5, 5.41) is 6.29. The van der Waals surface area contributed by atoms with E-state index in [4.69, 9.17) is 4.42 Å². The number of hydrogen-bond acceptors (Lipinski definition) is 1. The molecule has 1 aliphatic rings. The fourth-order valence-corrected chi connectivity index (χ4v) is 6.97. The molecule has 7 rings (SSSR count). The van der Waals surface area contributed by atoms with Crippen LogP contribution in [0.1, 0.15) is 55.7 Å². The molecule has 2 heterocycles. The van der Waals surface area contributed by atoms with E-state index in [1.165, 1.54) is 60.4 Å². The first-order chi connectivity index (χ1) is 17.7. The van der Waals surface area contributed by atoms with E-state index in [-0.39, 0.29) is 10.8 Å². The average Bonchev–Trinajstić information content (AvgIpc) is 3.32. The number of nitrogens with zero attached hydrogens (tertiary/aromatic N) is 1. The molecule has 0 bridgehead atoms. The Hall–Kier alpha value is -3.91. The van der Waals surface area contributed by atoms with Crippen LogP contribution in [0.15, 0.2) is 89.5 Å². The molecule has 6 aromatic rings. The van der Waals surface area contributed by atoms with Gasteiger partial charge in [-0.3, -0.25) is 0 Å². The van der Waals surface area contributed by atoms with Gasteiger partial charge in [0.15, 0.2) is 6.20 Å². The molecule has 0 atom stereocenters. The van der Waals surface area contributed by atoms with E-state index in [1.54, 1.807) is 0 Å². The zero-order chi connectivity index (χ0) is 25.7. The molecule has 0 aliphatic heterocycles. The third-order valence-corrected chi connectivity index (χ3v) is 8.86. The van der Waals surface area contributed by atoms with Crippen molar-refractivity contribution in [2.24, 2.45) is 7.05 Å². The lowest BCUT2D eigenvalue weighted by molar-refractivity contribution is -0.659. The van der Waals surface area contributed by atoms with Gasteiger partial charge in [0.25, 0.3) is 0 Å². The summed E-state index contributed by atoms with van der Waals surface area (Å²) in [5.74, 6) is 1.09. The van der Waals surface area contributed by atoms with Crippen molar-refractivity contribution in [3.8, 4) is 11.3 Å². The van der Waals surface area contributed by atoms with Gasteiger partial charge >= 0.3 is 0 Å². The summed E-state index contributed by atoms with van der Waals surface area (Å²) >= 11 is 0. The highest BCUT2D eigenvalue weighted by Gasteiger charge is 2.46. The van der Waals surface area contributed by atoms with Crippen LogP contribution in [0.4, 0.5) is 0 Å². The smallest absolute Gasteiger partial charge is 0.224 e. The van der Waals surface area contributed by atoms with Crippen molar-refractivity contribution < 1.29 is 8.98 Å². The van der Waals surface area contributed by atoms with Gasteiger partial charge in [0.2, 0.25) is 5.69 Å². The molecular weight excluding hydrogens is 450 g/mol. The Labute approximate surface area is 218 Å². The van der Waals surface area contributed by atoms with E-state index < -0.39 is 0 Å². The molecule has 182 valence electrons. The highest BCUT2D eigenvalue weighted by atomic mass is 16.3. The minimum atomic E-state index is -0.242. The fourth-order valence-electron chi connectivity index (χ4n) is 6.97. The molecule has 2 nitrogen and oxygen atoms in total. The predicted molar refractivity (Wildman–Crippen MR) is 153 cm³/mol. The van der Waals surface area contributed by atoms with Crippen molar-refractivity contribution in [3.05, 3.63) is 113 Å². The number of furan rings is 1. The minimum absolute atomic E-state index is 0.192. The number of pyridine rings is 1. The quantitative estimate of drug-likeness (QED) is 0.215. The molecule has 0 amide bonds. The molecule has 0 spiro atoms. The summed E-state index contributed by atoms with van der Waals surface area (Å²) < 4.78 is 9.42. The van der Waals surface area contributed by atoms with E-state index in [0.717, 1.165) is 11.3 Å². The largest absolute Gasteiger partial charge is 0.459 e. The van der Waals surface area contributed by atoms with Crippen LogP contribution in [0.3, 0.4) is 0 Å². The van der Waals surface area contributed by atoms with Gasteiger partial charge in [-0.05, 0) is 59.7 Å². The third kappa shape index (κ3) is 2.79. The summed E-state index contributed by atoms with van der Waals surface area (Å²) in [5.41, 5.74) is 8.28. The number of aromatic nitrogens is 1. The Balaban J connectivity index is 1.74. The SMILES string of the molecule is Cc1c(-c2c3ccccc3cc[n+]2C)c2oc3c(c2c2ccccc12)C(C)(C)c1ccccc1C3(C)C. The lowest BCUT2D eigenvalue weighted by atomic mass is 9.62. The summed E-state index contributed by atoms with van der Waals surface area (Å²) in [6, 6.07) is 28.7. The van der Waals surface area contributed by atoms with Crippen molar-refractivity contribution in [2.45, 2.75) is 45.4 Å². The zero-order valence-electron chi connectivity index (χ0n) is 22.4. The number of hydrogen-bond donors (Lipinski definition) is 0. The van der Waals surface area contributed by atoms with Crippen LogP contribution in [-0.4, -0.2) is 0 Å². The topological polar surface area (TPSA) is 17.0 Å². The highest BCUT2D eigenvalue weighted by molar-refractivity contribution is 6.17. The second-order valence-electron chi connectivity index (χ2n) is 11.7. The van der Waals surface area contributed by atoms with Gasteiger partial charge in [-0.15, -0.1) is 0 Å². The van der Waals surface area contributed by atoms with Crippen molar-refractivity contribution in [1.29, 1.82) is 0 Å². The van der Waals surface area contributed by atoms with Crippen LogP contribution in [0.25, 0.3) is 43.8 Å². The second-order valence-corrected chi connectivity index (χ2v) is 11.7. The fraction of sp³-hybridized carbons (Fsp3) is 0.229. The summed E-state index contributed by atoms with van der Waals surface area (Å²) in [6.45, 7) is 11.6. The second kappa shape index (κ2) is 7.32. The average molecular weight is 483 g/mol. The lowest BCUT2D eigenvalue weighted by Crippen LogP contribution is -2.35. The predicted octanol–water partition coefficient (Wildman–Crippen LogP) is 8.50. The highest BCUT2D eigenvalue weighted by Crippen LogP contribution is 2.55. The monoisotopic (exact) mass is 482 g/mol. The molecular formula is C35H32NO+. The Bertz CT molecular complexity index is 1900. The lowest BCUT2D eigenvalue weighted by Gasteiger charge is -2.40. The van der Waals surface area contributed by atoms with E-state index in [1.807, 2.05) is 0 Å². The first kappa shape index (κ1) is 22.3. The van der Waals surface area contributed by atoms with Gasteiger partial charge in [-0.1, -0.05) is 80.6 Å². The van der Waals surface area contributed by atoms with Gasteiger partial charge < -0.3 is 4.42 Å². The van der Waals surface area contributed by atoms with Gasteiger partial charge in [-0.25, -0.2) is 4.57 Å². The van der Waals surface area contributed by atoms with Crippen LogP contribution in [-0.2, 0) is 17.9 Å². The Morgan fingerprint density at radius 3 is 2.00 bits per heavy atom.